The molecule has 0 atom stereocenters. The monoisotopic (exact) mass is 382 g/mol. The topological polar surface area (TPSA) is 57.5 Å². The Bertz CT molecular complexity index is 916. The molecule has 27 heavy (non-hydrogen) atoms. The zero-order chi connectivity index (χ0) is 18.2. The summed E-state index contributed by atoms with van der Waals surface area (Å²) < 4.78 is 2.04. The molecule has 7 heteroatoms. The van der Waals surface area contributed by atoms with Crippen LogP contribution in [0.3, 0.4) is 0 Å². The third-order valence-corrected chi connectivity index (χ3v) is 6.57. The molecule has 2 aliphatic rings. The fourth-order valence-electron chi connectivity index (χ4n) is 4.03. The molecule has 142 valence electrons. The van der Waals surface area contributed by atoms with Crippen molar-refractivity contribution < 1.29 is 0 Å². The number of anilines is 2. The summed E-state index contributed by atoms with van der Waals surface area (Å²) >= 11 is 1.69. The van der Waals surface area contributed by atoms with Gasteiger partial charge in [-0.25, -0.2) is 4.98 Å². The molecule has 0 bridgehead atoms. The number of fused-ring (bicyclic) bond motifs is 1. The van der Waals surface area contributed by atoms with Gasteiger partial charge in [-0.3, -0.25) is 0 Å². The van der Waals surface area contributed by atoms with Crippen molar-refractivity contribution in [2.45, 2.75) is 38.6 Å². The second-order valence-corrected chi connectivity index (χ2v) is 8.55. The first-order valence-electron chi connectivity index (χ1n) is 9.97. The third-order valence-electron chi connectivity index (χ3n) is 5.60. The molecule has 0 radical (unpaired) electrons. The molecule has 0 unspecified atom stereocenters. The number of aryl methyl sites for hydroxylation is 1. The molecule has 2 aromatic heterocycles. The van der Waals surface area contributed by atoms with Gasteiger partial charge in [0.25, 0.3) is 0 Å². The van der Waals surface area contributed by atoms with Crippen molar-refractivity contribution in [2.75, 3.05) is 36.4 Å². The molecule has 2 fully saturated rings. The summed E-state index contributed by atoms with van der Waals surface area (Å²) in [6.45, 7) is 6.17. The van der Waals surface area contributed by atoms with Gasteiger partial charge in [0.15, 0.2) is 5.82 Å². The predicted molar refractivity (Wildman–Crippen MR) is 112 cm³/mol. The van der Waals surface area contributed by atoms with Crippen LogP contribution in [0.5, 0.6) is 0 Å². The van der Waals surface area contributed by atoms with Crippen LogP contribution in [-0.4, -0.2) is 46.8 Å². The lowest BCUT2D eigenvalue weighted by Crippen LogP contribution is -2.43. The molecule has 2 N–H and O–H groups in total. The minimum Gasteiger partial charge on any atom is -0.365 e. The van der Waals surface area contributed by atoms with Crippen molar-refractivity contribution in [3.05, 3.63) is 29.8 Å². The Balaban J connectivity index is 1.56. The number of hydrogen-bond acceptors (Lipinski definition) is 6. The number of nitrogens with one attached hydrogen (secondary N) is 2. The van der Waals surface area contributed by atoms with E-state index < -0.39 is 0 Å². The van der Waals surface area contributed by atoms with E-state index in [1.807, 2.05) is 4.52 Å². The van der Waals surface area contributed by atoms with E-state index in [2.05, 4.69) is 46.7 Å². The molecule has 0 amide bonds. The fraction of sp³-hybridized carbons (Fsp3) is 0.500. The van der Waals surface area contributed by atoms with E-state index in [4.69, 9.17) is 10.1 Å². The van der Waals surface area contributed by atoms with Crippen molar-refractivity contribution in [3.63, 3.8) is 0 Å². The predicted octanol–water partition coefficient (Wildman–Crippen LogP) is 3.53. The zero-order valence-corrected chi connectivity index (χ0v) is 16.6. The van der Waals surface area contributed by atoms with Gasteiger partial charge in [0.1, 0.15) is 5.69 Å². The van der Waals surface area contributed by atoms with Gasteiger partial charge in [-0.15, -0.1) is 5.10 Å². The molecule has 3 aromatic rings. The Labute approximate surface area is 163 Å². The van der Waals surface area contributed by atoms with Crippen LogP contribution in [-0.2, 0) is 0 Å². The maximum absolute atomic E-state index is 4.98. The van der Waals surface area contributed by atoms with Gasteiger partial charge in [-0.05, 0) is 19.8 Å². The largest absolute Gasteiger partial charge is 0.365 e. The first kappa shape index (κ1) is 17.0. The number of aromatic nitrogens is 3. The summed E-state index contributed by atoms with van der Waals surface area (Å²) in [6.07, 6.45) is 5.08. The molecule has 3 heterocycles. The summed E-state index contributed by atoms with van der Waals surface area (Å²) in [5.74, 6) is 1.05. The van der Waals surface area contributed by atoms with Crippen LogP contribution in [0.2, 0.25) is 0 Å². The van der Waals surface area contributed by atoms with Gasteiger partial charge < -0.3 is 15.5 Å². The summed E-state index contributed by atoms with van der Waals surface area (Å²) in [7, 11) is 0. The minimum absolute atomic E-state index is 0.526. The summed E-state index contributed by atoms with van der Waals surface area (Å²) in [4.78, 5) is 8.32. The van der Waals surface area contributed by atoms with E-state index in [1.165, 1.54) is 31.2 Å². The SMILES string of the molecule is Cc1ccc(-c2nc3sc(N4CCNCC4)nn3c2NC2CCCC2)cc1. The second-order valence-electron chi connectivity index (χ2n) is 7.62. The third kappa shape index (κ3) is 3.30. The number of nitrogens with zero attached hydrogens (tertiary/aromatic N) is 4. The van der Waals surface area contributed by atoms with Crippen LogP contribution in [0.4, 0.5) is 10.9 Å². The van der Waals surface area contributed by atoms with Crippen molar-refractivity contribution in [1.82, 2.24) is 19.9 Å². The van der Waals surface area contributed by atoms with Gasteiger partial charge in [0.2, 0.25) is 10.1 Å². The van der Waals surface area contributed by atoms with Crippen molar-refractivity contribution in [2.24, 2.45) is 0 Å². The number of benzene rings is 1. The maximum atomic E-state index is 4.98. The minimum atomic E-state index is 0.526. The summed E-state index contributed by atoms with van der Waals surface area (Å²) in [5.41, 5.74) is 3.44. The van der Waals surface area contributed by atoms with Crippen molar-refractivity contribution >= 4 is 27.2 Å². The maximum Gasteiger partial charge on any atom is 0.216 e. The van der Waals surface area contributed by atoms with Gasteiger partial charge in [-0.2, -0.15) is 4.52 Å². The van der Waals surface area contributed by atoms with E-state index in [0.717, 1.165) is 53.3 Å². The van der Waals surface area contributed by atoms with Crippen LogP contribution in [0.1, 0.15) is 31.2 Å². The first-order chi connectivity index (χ1) is 13.3. The van der Waals surface area contributed by atoms with Crippen LogP contribution in [0.15, 0.2) is 24.3 Å². The Hall–Kier alpha value is -2.12. The molecular formula is C20H26N6S. The van der Waals surface area contributed by atoms with Crippen LogP contribution < -0.4 is 15.5 Å². The Kier molecular flexibility index (Phi) is 4.49. The van der Waals surface area contributed by atoms with E-state index >= 15 is 0 Å². The smallest absolute Gasteiger partial charge is 0.216 e. The van der Waals surface area contributed by atoms with Gasteiger partial charge >= 0.3 is 0 Å². The Morgan fingerprint density at radius 2 is 1.85 bits per heavy atom. The highest BCUT2D eigenvalue weighted by Gasteiger charge is 2.24. The lowest BCUT2D eigenvalue weighted by molar-refractivity contribution is 0.586. The lowest BCUT2D eigenvalue weighted by Gasteiger charge is -2.26. The number of piperazine rings is 1. The fourth-order valence-corrected chi connectivity index (χ4v) is 4.98. The molecular weight excluding hydrogens is 356 g/mol. The van der Waals surface area contributed by atoms with Gasteiger partial charge in [0.05, 0.1) is 0 Å². The molecule has 6 nitrogen and oxygen atoms in total. The normalized spacial score (nSPS) is 18.5. The van der Waals surface area contributed by atoms with E-state index in [0.29, 0.717) is 6.04 Å². The summed E-state index contributed by atoms with van der Waals surface area (Å²) in [6, 6.07) is 9.17. The number of imidazole rings is 1. The second kappa shape index (κ2) is 7.13. The van der Waals surface area contributed by atoms with Crippen LogP contribution in [0.25, 0.3) is 16.2 Å². The highest BCUT2D eigenvalue weighted by atomic mass is 32.1. The molecule has 1 aromatic carbocycles. The summed E-state index contributed by atoms with van der Waals surface area (Å²) in [5, 5.41) is 13.2. The standard InChI is InChI=1S/C20H26N6S/c1-14-6-8-15(9-7-14)17-18(22-16-4-2-3-5-16)26-19(23-17)27-20(24-26)25-12-10-21-11-13-25/h6-9,16,21-22H,2-5,10-13H2,1H3. The van der Waals surface area contributed by atoms with E-state index in [9.17, 15) is 0 Å². The van der Waals surface area contributed by atoms with Crippen LogP contribution >= 0.6 is 11.3 Å². The molecule has 1 aliphatic carbocycles. The number of hydrogen-bond donors (Lipinski definition) is 2. The average Bonchev–Trinajstić information content (AvgIpc) is 3.41. The van der Waals surface area contributed by atoms with Gasteiger partial charge in [-0.1, -0.05) is 54.0 Å². The zero-order valence-electron chi connectivity index (χ0n) is 15.7. The Morgan fingerprint density at radius 3 is 2.59 bits per heavy atom. The first-order valence-corrected chi connectivity index (χ1v) is 10.8. The van der Waals surface area contributed by atoms with Crippen molar-refractivity contribution in [1.29, 1.82) is 0 Å². The highest BCUT2D eigenvalue weighted by Crippen LogP contribution is 2.35. The molecule has 5 rings (SSSR count). The van der Waals surface area contributed by atoms with Crippen molar-refractivity contribution in [3.8, 4) is 11.3 Å². The molecule has 1 saturated heterocycles. The van der Waals surface area contributed by atoms with Gasteiger partial charge in [0, 0.05) is 37.8 Å². The molecule has 1 aliphatic heterocycles. The Morgan fingerprint density at radius 1 is 1.11 bits per heavy atom. The number of rotatable bonds is 4. The molecule has 1 saturated carbocycles. The lowest BCUT2D eigenvalue weighted by atomic mass is 10.1. The highest BCUT2D eigenvalue weighted by molar-refractivity contribution is 7.20. The quantitative estimate of drug-likeness (QED) is 0.723. The van der Waals surface area contributed by atoms with Crippen LogP contribution in [0, 0.1) is 6.92 Å². The van der Waals surface area contributed by atoms with E-state index in [-0.39, 0.29) is 0 Å². The average molecular weight is 383 g/mol. The van der Waals surface area contributed by atoms with E-state index in [1.54, 1.807) is 11.3 Å². The molecule has 0 spiro atoms.